The van der Waals surface area contributed by atoms with Crippen molar-refractivity contribution in [3.05, 3.63) is 34.0 Å². The van der Waals surface area contributed by atoms with E-state index in [9.17, 15) is 0 Å². The minimum atomic E-state index is 0.363. The van der Waals surface area contributed by atoms with E-state index in [1.165, 1.54) is 0 Å². The molecule has 1 atom stereocenters. The van der Waals surface area contributed by atoms with Crippen LogP contribution in [-0.2, 0) is 6.42 Å². The first-order chi connectivity index (χ1) is 9.02. The van der Waals surface area contributed by atoms with Crippen molar-refractivity contribution in [3.8, 4) is 11.1 Å². The highest BCUT2D eigenvalue weighted by atomic mass is 35.5. The van der Waals surface area contributed by atoms with Gasteiger partial charge in [0.1, 0.15) is 5.76 Å². The van der Waals surface area contributed by atoms with Crippen LogP contribution in [0.4, 0.5) is 5.82 Å². The number of nitrogen functional groups attached to an aromatic ring is 1. The Bertz CT molecular complexity index is 581. The van der Waals surface area contributed by atoms with E-state index in [2.05, 4.69) is 19.0 Å². The summed E-state index contributed by atoms with van der Waals surface area (Å²) in [4.78, 5) is 0. The largest absolute Gasteiger partial charge is 0.380 e. The lowest BCUT2D eigenvalue weighted by atomic mass is 9.97. The van der Waals surface area contributed by atoms with E-state index in [0.717, 1.165) is 29.7 Å². The van der Waals surface area contributed by atoms with Gasteiger partial charge in [0.2, 0.25) is 0 Å². The van der Waals surface area contributed by atoms with Crippen molar-refractivity contribution in [2.45, 2.75) is 26.7 Å². The predicted molar refractivity (Wildman–Crippen MR) is 79.5 cm³/mol. The number of nitrogens with zero attached hydrogens (tertiary/aromatic N) is 1. The van der Waals surface area contributed by atoms with Gasteiger partial charge in [-0.3, -0.25) is 0 Å². The van der Waals surface area contributed by atoms with Crippen LogP contribution in [0.25, 0.3) is 11.1 Å². The maximum absolute atomic E-state index is 6.23. The zero-order chi connectivity index (χ0) is 14.0. The molecule has 0 saturated carbocycles. The number of anilines is 1. The van der Waals surface area contributed by atoms with Crippen LogP contribution in [0.2, 0.25) is 10.0 Å². The molecule has 1 aromatic carbocycles. The van der Waals surface area contributed by atoms with Gasteiger partial charge in [0.05, 0.1) is 10.6 Å². The standard InChI is InChI=1S/C14H16Cl2N2O/c1-3-8(2)6-12-13(14(17)18-19-12)10-5-4-9(15)7-11(10)16/h4-5,7-8H,3,6H2,1-2H3,(H2,17,18). The van der Waals surface area contributed by atoms with Crippen LogP contribution < -0.4 is 5.73 Å². The molecule has 2 N–H and O–H groups in total. The van der Waals surface area contributed by atoms with Crippen LogP contribution in [0.1, 0.15) is 26.0 Å². The molecule has 0 spiro atoms. The molecule has 1 aromatic heterocycles. The molecule has 2 rings (SSSR count). The molecule has 1 heterocycles. The van der Waals surface area contributed by atoms with Gasteiger partial charge in [0.15, 0.2) is 5.82 Å². The molecule has 0 aliphatic rings. The van der Waals surface area contributed by atoms with Crippen LogP contribution in [0.5, 0.6) is 0 Å². The maximum Gasteiger partial charge on any atom is 0.175 e. The molecule has 0 saturated heterocycles. The Labute approximate surface area is 122 Å². The number of rotatable bonds is 4. The van der Waals surface area contributed by atoms with Crippen molar-refractivity contribution in [2.24, 2.45) is 5.92 Å². The van der Waals surface area contributed by atoms with Crippen molar-refractivity contribution >= 4 is 29.0 Å². The number of halogens is 2. The van der Waals surface area contributed by atoms with Gasteiger partial charge in [-0.2, -0.15) is 0 Å². The fraction of sp³-hybridized carbons (Fsp3) is 0.357. The number of hydrogen-bond acceptors (Lipinski definition) is 3. The molecule has 0 aliphatic carbocycles. The van der Waals surface area contributed by atoms with E-state index in [1.54, 1.807) is 12.1 Å². The van der Waals surface area contributed by atoms with Crippen molar-refractivity contribution in [1.82, 2.24) is 5.16 Å². The molecule has 3 nitrogen and oxygen atoms in total. The Morgan fingerprint density at radius 3 is 2.74 bits per heavy atom. The predicted octanol–water partition coefficient (Wildman–Crippen LogP) is 4.82. The first-order valence-electron chi connectivity index (χ1n) is 6.22. The van der Waals surface area contributed by atoms with Gasteiger partial charge in [-0.05, 0) is 18.1 Å². The minimum absolute atomic E-state index is 0.363. The van der Waals surface area contributed by atoms with Crippen LogP contribution in [0.3, 0.4) is 0 Å². The van der Waals surface area contributed by atoms with E-state index in [-0.39, 0.29) is 0 Å². The van der Waals surface area contributed by atoms with Gasteiger partial charge in [-0.25, -0.2) is 0 Å². The summed E-state index contributed by atoms with van der Waals surface area (Å²) in [5, 5.41) is 4.99. The van der Waals surface area contributed by atoms with E-state index in [1.807, 2.05) is 6.07 Å². The molecule has 5 heteroatoms. The van der Waals surface area contributed by atoms with Gasteiger partial charge in [-0.15, -0.1) is 0 Å². The number of benzene rings is 1. The molecular weight excluding hydrogens is 283 g/mol. The Morgan fingerprint density at radius 2 is 2.11 bits per heavy atom. The lowest BCUT2D eigenvalue weighted by molar-refractivity contribution is 0.364. The maximum atomic E-state index is 6.23. The summed E-state index contributed by atoms with van der Waals surface area (Å²) in [6.45, 7) is 4.30. The topological polar surface area (TPSA) is 52.0 Å². The lowest BCUT2D eigenvalue weighted by Gasteiger charge is -2.08. The summed E-state index contributed by atoms with van der Waals surface area (Å²) >= 11 is 12.1. The monoisotopic (exact) mass is 298 g/mol. The van der Waals surface area contributed by atoms with Gasteiger partial charge in [0.25, 0.3) is 0 Å². The summed E-state index contributed by atoms with van der Waals surface area (Å²) in [6.07, 6.45) is 1.85. The van der Waals surface area contributed by atoms with Crippen molar-refractivity contribution in [3.63, 3.8) is 0 Å². The van der Waals surface area contributed by atoms with E-state index in [4.69, 9.17) is 33.5 Å². The van der Waals surface area contributed by atoms with Crippen LogP contribution in [0.15, 0.2) is 22.7 Å². The zero-order valence-electron chi connectivity index (χ0n) is 10.9. The van der Waals surface area contributed by atoms with Crippen LogP contribution >= 0.6 is 23.2 Å². The Balaban J connectivity index is 2.46. The summed E-state index contributed by atoms with van der Waals surface area (Å²) in [5.41, 5.74) is 7.49. The molecule has 2 aromatic rings. The second-order valence-electron chi connectivity index (χ2n) is 4.71. The molecular formula is C14H16Cl2N2O. The summed E-state index contributed by atoms with van der Waals surface area (Å²) < 4.78 is 5.34. The Morgan fingerprint density at radius 1 is 1.37 bits per heavy atom. The second-order valence-corrected chi connectivity index (χ2v) is 5.55. The molecule has 0 radical (unpaired) electrons. The minimum Gasteiger partial charge on any atom is -0.380 e. The SMILES string of the molecule is CCC(C)Cc1onc(N)c1-c1ccc(Cl)cc1Cl. The third-order valence-corrected chi connectivity index (χ3v) is 3.77. The zero-order valence-corrected chi connectivity index (χ0v) is 12.4. The molecule has 19 heavy (non-hydrogen) atoms. The van der Waals surface area contributed by atoms with Crippen molar-refractivity contribution in [2.75, 3.05) is 5.73 Å². The highest BCUT2D eigenvalue weighted by Crippen LogP contribution is 2.37. The normalized spacial score (nSPS) is 12.6. The first kappa shape index (κ1) is 14.2. The van der Waals surface area contributed by atoms with Gasteiger partial charge in [0, 0.05) is 17.0 Å². The summed E-state index contributed by atoms with van der Waals surface area (Å²) in [6, 6.07) is 5.31. The number of hydrogen-bond donors (Lipinski definition) is 1. The molecule has 102 valence electrons. The number of nitrogens with two attached hydrogens (primary N) is 1. The lowest BCUT2D eigenvalue weighted by Crippen LogP contribution is -1.99. The Kier molecular flexibility index (Phi) is 4.38. The molecule has 1 unspecified atom stereocenters. The molecule has 0 aliphatic heterocycles. The third-order valence-electron chi connectivity index (χ3n) is 3.22. The van der Waals surface area contributed by atoms with Gasteiger partial charge >= 0.3 is 0 Å². The van der Waals surface area contributed by atoms with Crippen molar-refractivity contribution in [1.29, 1.82) is 0 Å². The second kappa shape index (κ2) is 5.85. The average Bonchev–Trinajstić information content (AvgIpc) is 2.71. The van der Waals surface area contributed by atoms with Crippen LogP contribution in [-0.4, -0.2) is 5.16 Å². The highest BCUT2D eigenvalue weighted by Gasteiger charge is 2.19. The van der Waals surface area contributed by atoms with E-state index in [0.29, 0.717) is 21.8 Å². The third kappa shape index (κ3) is 3.04. The summed E-state index contributed by atoms with van der Waals surface area (Å²) in [5.74, 6) is 1.63. The van der Waals surface area contributed by atoms with E-state index < -0.39 is 0 Å². The van der Waals surface area contributed by atoms with E-state index >= 15 is 0 Å². The first-order valence-corrected chi connectivity index (χ1v) is 6.98. The average molecular weight is 299 g/mol. The number of aromatic nitrogens is 1. The molecule has 0 amide bonds. The Hall–Kier alpha value is -1.19. The van der Waals surface area contributed by atoms with Crippen molar-refractivity contribution < 1.29 is 4.52 Å². The van der Waals surface area contributed by atoms with Gasteiger partial charge < -0.3 is 10.3 Å². The summed E-state index contributed by atoms with van der Waals surface area (Å²) in [7, 11) is 0. The fourth-order valence-electron chi connectivity index (χ4n) is 1.92. The fourth-order valence-corrected chi connectivity index (χ4v) is 2.42. The highest BCUT2D eigenvalue weighted by molar-refractivity contribution is 6.36. The molecule has 0 fully saturated rings. The quantitative estimate of drug-likeness (QED) is 0.880. The molecule has 0 bridgehead atoms. The van der Waals surface area contributed by atoms with Gasteiger partial charge in [-0.1, -0.05) is 54.7 Å². The van der Waals surface area contributed by atoms with Crippen LogP contribution in [0, 0.1) is 5.92 Å². The smallest absolute Gasteiger partial charge is 0.175 e.